The highest BCUT2D eigenvalue weighted by Gasteiger charge is 2.40. The molecule has 2 amide bonds. The van der Waals surface area contributed by atoms with Gasteiger partial charge in [-0.25, -0.2) is 4.79 Å². The summed E-state index contributed by atoms with van der Waals surface area (Å²) in [6, 6.07) is 12.9. The number of benzene rings is 2. The molecule has 292 valence electrons. The van der Waals surface area contributed by atoms with Crippen LogP contribution < -0.4 is 21.1 Å². The number of alkyl halides is 1. The third kappa shape index (κ3) is 13.5. The summed E-state index contributed by atoms with van der Waals surface area (Å²) >= 11 is 13.2. The zero-order chi connectivity index (χ0) is 38.6. The van der Waals surface area contributed by atoms with Crippen molar-refractivity contribution < 1.29 is 42.9 Å². The highest BCUT2D eigenvalue weighted by atomic mass is 35.5. The SMILES string of the molecule is COc1ccc(C[C@@H]2NC(=O)/C=C/C[C@@H]([C@H](C)[C@@H](OC(=O)CN)[C@@H](Cl)c3ccccc3)OC(=O)[C@H](CC(C)C)OC(=O)C(C)(C)CNC2=O)cc1Cl.Cl. The van der Waals surface area contributed by atoms with Crippen LogP contribution in [0.3, 0.4) is 0 Å². The minimum atomic E-state index is -1.30. The molecule has 53 heavy (non-hydrogen) atoms. The van der Waals surface area contributed by atoms with Gasteiger partial charge in [-0.2, -0.15) is 0 Å². The molecule has 0 radical (unpaired) electrons. The lowest BCUT2D eigenvalue weighted by Crippen LogP contribution is -2.51. The Hall–Kier alpha value is -3.84. The molecule has 1 aliphatic rings. The molecule has 15 heteroatoms. The normalized spacial score (nSPS) is 22.1. The van der Waals surface area contributed by atoms with Gasteiger partial charge in [0.1, 0.15) is 24.0 Å². The molecule has 0 saturated carbocycles. The predicted molar refractivity (Wildman–Crippen MR) is 204 cm³/mol. The van der Waals surface area contributed by atoms with Gasteiger partial charge in [-0.05, 0) is 55.5 Å². The molecule has 0 aromatic heterocycles. The molecule has 0 unspecified atom stereocenters. The van der Waals surface area contributed by atoms with Crippen LogP contribution in [-0.2, 0) is 44.6 Å². The van der Waals surface area contributed by atoms with Crippen molar-refractivity contribution in [3.63, 3.8) is 0 Å². The van der Waals surface area contributed by atoms with Gasteiger partial charge in [0.2, 0.25) is 11.8 Å². The Morgan fingerprint density at radius 2 is 1.74 bits per heavy atom. The summed E-state index contributed by atoms with van der Waals surface area (Å²) in [5, 5.41) is 4.93. The number of hydrogen-bond acceptors (Lipinski definition) is 10. The third-order valence-electron chi connectivity index (χ3n) is 8.59. The lowest BCUT2D eigenvalue weighted by Gasteiger charge is -2.34. The Kier molecular flexibility index (Phi) is 18.1. The van der Waals surface area contributed by atoms with Crippen LogP contribution in [-0.4, -0.2) is 74.3 Å². The molecule has 1 heterocycles. The molecule has 0 saturated heterocycles. The molecule has 4 N–H and O–H groups in total. The Labute approximate surface area is 327 Å². The third-order valence-corrected chi connectivity index (χ3v) is 9.39. The Balaban J connectivity index is 0.00000972. The van der Waals surface area contributed by atoms with E-state index in [1.165, 1.54) is 19.3 Å². The van der Waals surface area contributed by atoms with Crippen molar-refractivity contribution in [2.75, 3.05) is 20.2 Å². The van der Waals surface area contributed by atoms with E-state index in [-0.39, 0.29) is 44.1 Å². The molecule has 2 aromatic rings. The van der Waals surface area contributed by atoms with Gasteiger partial charge in [-0.1, -0.05) is 74.8 Å². The molecule has 0 fully saturated rings. The van der Waals surface area contributed by atoms with E-state index in [2.05, 4.69) is 10.6 Å². The fourth-order valence-electron chi connectivity index (χ4n) is 5.49. The highest BCUT2D eigenvalue weighted by Crippen LogP contribution is 2.35. The summed E-state index contributed by atoms with van der Waals surface area (Å²) < 4.78 is 22.8. The highest BCUT2D eigenvalue weighted by molar-refractivity contribution is 6.32. The molecule has 1 aliphatic heterocycles. The fourth-order valence-corrected chi connectivity index (χ4v) is 6.20. The van der Waals surface area contributed by atoms with Crippen LogP contribution in [0.25, 0.3) is 0 Å². The van der Waals surface area contributed by atoms with E-state index < -0.39 is 77.3 Å². The number of rotatable bonds is 11. The number of nitrogens with two attached hydrogens (primary N) is 1. The molecule has 2 aromatic carbocycles. The summed E-state index contributed by atoms with van der Waals surface area (Å²) in [6.07, 6.45) is -0.455. The van der Waals surface area contributed by atoms with Crippen LogP contribution in [0.2, 0.25) is 5.02 Å². The second-order valence-corrected chi connectivity index (χ2v) is 14.7. The Morgan fingerprint density at radius 1 is 1.06 bits per heavy atom. The predicted octanol–water partition coefficient (Wildman–Crippen LogP) is 5.26. The zero-order valence-corrected chi connectivity index (χ0v) is 33.1. The van der Waals surface area contributed by atoms with Crippen LogP contribution in [0, 0.1) is 17.3 Å². The minimum Gasteiger partial charge on any atom is -0.495 e. The van der Waals surface area contributed by atoms with E-state index in [0.29, 0.717) is 21.9 Å². The molecule has 3 rings (SSSR count). The lowest BCUT2D eigenvalue weighted by atomic mass is 9.90. The van der Waals surface area contributed by atoms with E-state index in [1.807, 2.05) is 19.9 Å². The van der Waals surface area contributed by atoms with E-state index in [4.69, 9.17) is 47.9 Å². The summed E-state index contributed by atoms with van der Waals surface area (Å²) in [5.41, 5.74) is 5.60. The number of cyclic esters (lactones) is 2. The van der Waals surface area contributed by atoms with Crippen molar-refractivity contribution >= 4 is 65.3 Å². The van der Waals surface area contributed by atoms with E-state index in [9.17, 15) is 24.0 Å². The maximum Gasteiger partial charge on any atom is 0.347 e. The van der Waals surface area contributed by atoms with Gasteiger partial charge in [0.15, 0.2) is 6.10 Å². The standard InChI is InChI=1S/C38H49Cl2N3O9.ClH/c1-22(2)17-30-36(47)50-28(23(3)34(52-32(45)20-41)33(40)25-11-8-7-9-12-25)13-10-14-31(44)43-27(19-24-15-16-29(49-6)26(39)18-24)35(46)42-21-38(4,5)37(48)51-30;/h7-12,14-16,18,22-23,27-28,30,33-34H,13,17,19-21,41H2,1-6H3,(H,42,46)(H,43,44);1H/b14-10+;/t23-,27-,28-,30-,33-,34+;/m0./s1. The Morgan fingerprint density at radius 3 is 2.34 bits per heavy atom. The first kappa shape index (κ1) is 45.3. The zero-order valence-electron chi connectivity index (χ0n) is 30.8. The average molecular weight is 799 g/mol. The van der Waals surface area contributed by atoms with E-state index in [1.54, 1.807) is 63.2 Å². The maximum atomic E-state index is 13.8. The number of carbonyl (C=O) groups excluding carboxylic acids is 5. The van der Waals surface area contributed by atoms with Crippen molar-refractivity contribution in [2.45, 2.75) is 83.6 Å². The average Bonchev–Trinajstić information content (AvgIpc) is 3.10. The number of carbonyl (C=O) groups is 5. The van der Waals surface area contributed by atoms with Gasteiger partial charge >= 0.3 is 17.9 Å². The van der Waals surface area contributed by atoms with Gasteiger partial charge in [0.05, 0.1) is 29.5 Å². The quantitative estimate of drug-likeness (QED) is 0.155. The van der Waals surface area contributed by atoms with Crippen LogP contribution in [0.5, 0.6) is 5.75 Å². The first-order valence-corrected chi connectivity index (χ1v) is 17.9. The number of ether oxygens (including phenoxy) is 4. The molecule has 0 aliphatic carbocycles. The van der Waals surface area contributed by atoms with Crippen molar-refractivity contribution in [3.05, 3.63) is 76.8 Å². The van der Waals surface area contributed by atoms with Crippen LogP contribution >= 0.6 is 35.6 Å². The van der Waals surface area contributed by atoms with Crippen molar-refractivity contribution in [3.8, 4) is 5.75 Å². The maximum absolute atomic E-state index is 13.8. The van der Waals surface area contributed by atoms with Crippen molar-refractivity contribution in [1.82, 2.24) is 10.6 Å². The Bertz CT molecular complexity index is 1590. The summed E-state index contributed by atoms with van der Waals surface area (Å²) in [7, 11) is 1.48. The number of amides is 2. The van der Waals surface area contributed by atoms with Gasteiger partial charge in [0.25, 0.3) is 0 Å². The number of nitrogens with one attached hydrogen (secondary N) is 2. The van der Waals surface area contributed by atoms with Crippen LogP contribution in [0.4, 0.5) is 0 Å². The second kappa shape index (κ2) is 21.2. The van der Waals surface area contributed by atoms with Crippen LogP contribution in [0.15, 0.2) is 60.7 Å². The van der Waals surface area contributed by atoms with Crippen molar-refractivity contribution in [2.24, 2.45) is 23.0 Å². The van der Waals surface area contributed by atoms with Gasteiger partial charge < -0.3 is 35.3 Å². The van der Waals surface area contributed by atoms with Gasteiger partial charge in [-0.3, -0.25) is 19.2 Å². The summed E-state index contributed by atoms with van der Waals surface area (Å²) in [6.45, 7) is 8.00. The number of esters is 3. The van der Waals surface area contributed by atoms with E-state index >= 15 is 0 Å². The van der Waals surface area contributed by atoms with Crippen molar-refractivity contribution in [1.29, 1.82) is 0 Å². The van der Waals surface area contributed by atoms with E-state index in [0.717, 1.165) is 0 Å². The molecule has 6 atom stereocenters. The summed E-state index contributed by atoms with van der Waals surface area (Å²) in [5.74, 6) is -3.82. The fraction of sp³-hybridized carbons (Fsp3) is 0.500. The molecule has 12 nitrogen and oxygen atoms in total. The molecular formula is C38H50Cl3N3O9. The largest absolute Gasteiger partial charge is 0.495 e. The number of hydrogen-bond donors (Lipinski definition) is 3. The lowest BCUT2D eigenvalue weighted by molar-refractivity contribution is -0.181. The second-order valence-electron chi connectivity index (χ2n) is 13.8. The number of halogens is 3. The van der Waals surface area contributed by atoms with Crippen LogP contribution in [0.1, 0.15) is 64.0 Å². The molecule has 0 bridgehead atoms. The number of methoxy groups -OCH3 is 1. The topological polar surface area (TPSA) is 172 Å². The monoisotopic (exact) mass is 797 g/mol. The minimum absolute atomic E-state index is 0. The smallest absolute Gasteiger partial charge is 0.347 e. The first-order valence-electron chi connectivity index (χ1n) is 17.1. The van der Waals surface area contributed by atoms with Gasteiger partial charge in [-0.15, -0.1) is 24.0 Å². The molecular weight excluding hydrogens is 749 g/mol. The van der Waals surface area contributed by atoms with Gasteiger partial charge in [0, 0.05) is 25.3 Å². The summed E-state index contributed by atoms with van der Waals surface area (Å²) in [4.78, 5) is 66.7. The molecule has 0 spiro atoms. The first-order chi connectivity index (χ1) is 24.6.